The monoisotopic (exact) mass is 464 g/mol. The Kier molecular flexibility index (Phi) is 10.1. The Morgan fingerprint density at radius 1 is 1.15 bits per heavy atom. The van der Waals surface area contributed by atoms with Crippen molar-refractivity contribution in [3.63, 3.8) is 0 Å². The van der Waals surface area contributed by atoms with Gasteiger partial charge in [0.05, 0.1) is 11.8 Å². The number of hydrogen-bond acceptors (Lipinski definition) is 6. The van der Waals surface area contributed by atoms with Gasteiger partial charge in [-0.3, -0.25) is 15.0 Å². The number of nitrogens with zero attached hydrogens (tertiary/aromatic N) is 2. The molecule has 0 unspecified atom stereocenters. The maximum atomic E-state index is 15.0. The van der Waals surface area contributed by atoms with Gasteiger partial charge in [-0.1, -0.05) is 19.6 Å². The lowest BCUT2D eigenvalue weighted by atomic mass is 9.86. The molecule has 1 saturated carbocycles. The van der Waals surface area contributed by atoms with Crippen LogP contribution < -0.4 is 10.6 Å². The third-order valence-electron chi connectivity index (χ3n) is 6.14. The van der Waals surface area contributed by atoms with Crippen molar-refractivity contribution in [2.45, 2.75) is 59.2 Å². The van der Waals surface area contributed by atoms with Crippen molar-refractivity contribution >= 4 is 23.4 Å². The van der Waals surface area contributed by atoms with E-state index in [0.29, 0.717) is 38.5 Å². The summed E-state index contributed by atoms with van der Waals surface area (Å²) >= 11 is 0. The highest BCUT2D eigenvalue weighted by Gasteiger charge is 2.31. The highest BCUT2D eigenvalue weighted by molar-refractivity contribution is 5.94. The molecular formula is C24H37FN4O4. The molecule has 3 rings (SSSR count). The van der Waals surface area contributed by atoms with Gasteiger partial charge in [0.25, 0.3) is 0 Å². The molecule has 0 radical (unpaired) electrons. The van der Waals surface area contributed by atoms with E-state index in [9.17, 15) is 9.59 Å². The van der Waals surface area contributed by atoms with Crippen LogP contribution >= 0.6 is 0 Å². The van der Waals surface area contributed by atoms with Gasteiger partial charge in [0.15, 0.2) is 5.82 Å². The molecule has 1 heterocycles. The SMILES string of the molecule is C.CCOC1CCC(C(=O)N2CCN(c3cccc(COC(=O)CC(=N)N)c3F)CC2)CC1. The molecule has 3 N–H and O–H groups in total. The summed E-state index contributed by atoms with van der Waals surface area (Å²) in [5, 5.41) is 7.12. The molecule has 0 bridgehead atoms. The Morgan fingerprint density at radius 3 is 2.42 bits per heavy atom. The molecule has 9 heteroatoms. The molecule has 1 aliphatic carbocycles. The van der Waals surface area contributed by atoms with Crippen LogP contribution in [0, 0.1) is 17.1 Å². The van der Waals surface area contributed by atoms with Gasteiger partial charge in [0, 0.05) is 44.3 Å². The predicted molar refractivity (Wildman–Crippen MR) is 126 cm³/mol. The highest BCUT2D eigenvalue weighted by atomic mass is 19.1. The normalized spacial score (nSPS) is 20.7. The van der Waals surface area contributed by atoms with Crippen LogP contribution in [-0.2, 0) is 25.7 Å². The van der Waals surface area contributed by atoms with Gasteiger partial charge in [-0.2, -0.15) is 0 Å². The zero-order valence-corrected chi connectivity index (χ0v) is 18.6. The number of hydrogen-bond donors (Lipinski definition) is 2. The van der Waals surface area contributed by atoms with Gasteiger partial charge in [-0.05, 0) is 38.7 Å². The lowest BCUT2D eigenvalue weighted by molar-refractivity contribution is -0.143. The molecule has 1 amide bonds. The van der Waals surface area contributed by atoms with Gasteiger partial charge >= 0.3 is 5.97 Å². The lowest BCUT2D eigenvalue weighted by Crippen LogP contribution is -2.51. The second kappa shape index (κ2) is 12.5. The van der Waals surface area contributed by atoms with Crippen LogP contribution in [0.2, 0.25) is 0 Å². The molecule has 184 valence electrons. The largest absolute Gasteiger partial charge is 0.460 e. The van der Waals surface area contributed by atoms with Crippen LogP contribution in [0.25, 0.3) is 0 Å². The zero-order chi connectivity index (χ0) is 23.1. The quantitative estimate of drug-likeness (QED) is 0.348. The Bertz CT molecular complexity index is 819. The lowest BCUT2D eigenvalue weighted by Gasteiger charge is -2.39. The first-order valence-electron chi connectivity index (χ1n) is 11.3. The van der Waals surface area contributed by atoms with E-state index in [1.165, 1.54) is 0 Å². The minimum Gasteiger partial charge on any atom is -0.460 e. The van der Waals surface area contributed by atoms with Crippen molar-refractivity contribution in [2.75, 3.05) is 37.7 Å². The maximum absolute atomic E-state index is 15.0. The van der Waals surface area contributed by atoms with E-state index in [1.54, 1.807) is 18.2 Å². The van der Waals surface area contributed by atoms with Gasteiger partial charge in [0.1, 0.15) is 18.9 Å². The molecule has 8 nitrogen and oxygen atoms in total. The van der Waals surface area contributed by atoms with Crippen LogP contribution in [0.5, 0.6) is 0 Å². The Morgan fingerprint density at radius 2 is 1.82 bits per heavy atom. The van der Waals surface area contributed by atoms with E-state index in [1.807, 2.05) is 16.7 Å². The number of benzene rings is 1. The first-order chi connectivity index (χ1) is 15.4. The van der Waals surface area contributed by atoms with Crippen LogP contribution in [0.4, 0.5) is 10.1 Å². The predicted octanol–water partition coefficient (Wildman–Crippen LogP) is 3.07. The van der Waals surface area contributed by atoms with Crippen molar-refractivity contribution in [1.29, 1.82) is 5.41 Å². The van der Waals surface area contributed by atoms with Crippen LogP contribution in [0.15, 0.2) is 18.2 Å². The fourth-order valence-corrected chi connectivity index (χ4v) is 4.42. The summed E-state index contributed by atoms with van der Waals surface area (Å²) < 4.78 is 25.7. The number of carbonyl (C=O) groups is 2. The summed E-state index contributed by atoms with van der Waals surface area (Å²) in [5.41, 5.74) is 5.89. The van der Waals surface area contributed by atoms with E-state index in [2.05, 4.69) is 0 Å². The fourth-order valence-electron chi connectivity index (χ4n) is 4.42. The Hall–Kier alpha value is -2.68. The summed E-state index contributed by atoms with van der Waals surface area (Å²) in [6.07, 6.45) is 3.55. The maximum Gasteiger partial charge on any atom is 0.313 e. The molecule has 1 aromatic rings. The number of piperazine rings is 1. The second-order valence-electron chi connectivity index (χ2n) is 8.35. The summed E-state index contributed by atoms with van der Waals surface area (Å²) in [4.78, 5) is 28.3. The average Bonchev–Trinajstić information content (AvgIpc) is 2.78. The number of esters is 1. The van der Waals surface area contributed by atoms with E-state index < -0.39 is 11.8 Å². The highest BCUT2D eigenvalue weighted by Crippen LogP contribution is 2.29. The first kappa shape index (κ1) is 26.6. The zero-order valence-electron chi connectivity index (χ0n) is 18.6. The fraction of sp³-hybridized carbons (Fsp3) is 0.625. The Balaban J connectivity index is 0.00000385. The molecular weight excluding hydrogens is 427 g/mol. The van der Waals surface area contributed by atoms with Crippen LogP contribution in [0.1, 0.15) is 52.0 Å². The van der Waals surface area contributed by atoms with Crippen molar-refractivity contribution in [3.05, 3.63) is 29.6 Å². The Labute approximate surface area is 195 Å². The van der Waals surface area contributed by atoms with Gasteiger partial charge in [-0.25, -0.2) is 4.39 Å². The molecule has 0 spiro atoms. The number of anilines is 1. The van der Waals surface area contributed by atoms with E-state index in [-0.39, 0.29) is 49.8 Å². The number of carbonyl (C=O) groups excluding carboxylic acids is 2. The second-order valence-corrected chi connectivity index (χ2v) is 8.35. The molecule has 2 aliphatic rings. The number of ether oxygens (including phenoxy) is 2. The van der Waals surface area contributed by atoms with E-state index in [0.717, 1.165) is 25.7 Å². The third kappa shape index (κ3) is 7.15. The minimum absolute atomic E-state index is 0. The number of rotatable bonds is 8. The molecule has 0 aromatic heterocycles. The molecule has 33 heavy (non-hydrogen) atoms. The third-order valence-corrected chi connectivity index (χ3v) is 6.14. The van der Waals surface area contributed by atoms with Crippen molar-refractivity contribution < 1.29 is 23.5 Å². The van der Waals surface area contributed by atoms with E-state index >= 15 is 4.39 Å². The topological polar surface area (TPSA) is 109 Å². The number of nitrogens with two attached hydrogens (primary N) is 1. The van der Waals surface area contributed by atoms with Crippen molar-refractivity contribution in [1.82, 2.24) is 4.90 Å². The average molecular weight is 465 g/mol. The summed E-state index contributed by atoms with van der Waals surface area (Å²) in [6.45, 7) is 4.70. The molecule has 1 aliphatic heterocycles. The van der Waals surface area contributed by atoms with Crippen molar-refractivity contribution in [2.24, 2.45) is 11.7 Å². The summed E-state index contributed by atoms with van der Waals surface area (Å²) in [6, 6.07) is 4.99. The van der Waals surface area contributed by atoms with Crippen molar-refractivity contribution in [3.8, 4) is 0 Å². The van der Waals surface area contributed by atoms with Gasteiger partial charge in [-0.15, -0.1) is 0 Å². The van der Waals surface area contributed by atoms with Gasteiger partial charge < -0.3 is 25.0 Å². The van der Waals surface area contributed by atoms with E-state index in [4.69, 9.17) is 20.6 Å². The van der Waals surface area contributed by atoms with Crippen LogP contribution in [0.3, 0.4) is 0 Å². The summed E-state index contributed by atoms with van der Waals surface area (Å²) in [5.74, 6) is -1.13. The molecule has 1 saturated heterocycles. The molecule has 0 atom stereocenters. The smallest absolute Gasteiger partial charge is 0.313 e. The number of nitrogens with one attached hydrogen (secondary N) is 1. The minimum atomic E-state index is -0.662. The summed E-state index contributed by atoms with van der Waals surface area (Å²) in [7, 11) is 0. The number of halogens is 1. The molecule has 1 aromatic carbocycles. The number of amidine groups is 1. The molecule has 2 fully saturated rings. The van der Waals surface area contributed by atoms with Gasteiger partial charge in [0.2, 0.25) is 5.91 Å². The number of amides is 1. The first-order valence-corrected chi connectivity index (χ1v) is 11.3. The van der Waals surface area contributed by atoms with Crippen LogP contribution in [-0.4, -0.2) is 61.5 Å². The standard InChI is InChI=1S/C23H33FN4O4.CH4/c1-2-31-18-8-6-16(7-9-18)23(30)28-12-10-27(11-13-28)19-5-3-4-17(22(19)24)15-32-21(29)14-20(25)26;/h3-5,16,18H,2,6-15H2,1H3,(H3,25,26);1H4.